The van der Waals surface area contributed by atoms with Gasteiger partial charge in [0.25, 0.3) is 0 Å². The van der Waals surface area contributed by atoms with Crippen molar-refractivity contribution in [1.29, 1.82) is 0 Å². The third-order valence-electron chi connectivity index (χ3n) is 4.95. The number of rotatable bonds is 8. The van der Waals surface area contributed by atoms with Crippen LogP contribution in [0.15, 0.2) is 30.6 Å². The van der Waals surface area contributed by atoms with E-state index < -0.39 is 5.97 Å². The summed E-state index contributed by atoms with van der Waals surface area (Å²) in [7, 11) is 4.54. The van der Waals surface area contributed by atoms with E-state index in [1.165, 1.54) is 20.3 Å². The van der Waals surface area contributed by atoms with Gasteiger partial charge in [-0.15, -0.1) is 10.2 Å². The molecule has 172 valence electrons. The quantitative estimate of drug-likeness (QED) is 0.485. The van der Waals surface area contributed by atoms with Gasteiger partial charge in [-0.05, 0) is 12.1 Å². The maximum absolute atomic E-state index is 12.3. The zero-order valence-electron chi connectivity index (χ0n) is 18.4. The van der Waals surface area contributed by atoms with Crippen molar-refractivity contribution in [3.63, 3.8) is 0 Å². The van der Waals surface area contributed by atoms with Crippen LogP contribution in [0.5, 0.6) is 5.75 Å². The summed E-state index contributed by atoms with van der Waals surface area (Å²) in [5.74, 6) is 0.430. The highest BCUT2D eigenvalue weighted by molar-refractivity contribution is 5.96. The molecule has 33 heavy (non-hydrogen) atoms. The van der Waals surface area contributed by atoms with E-state index >= 15 is 0 Å². The first-order valence-corrected chi connectivity index (χ1v) is 10.1. The van der Waals surface area contributed by atoms with Crippen LogP contribution in [0.1, 0.15) is 16.9 Å². The van der Waals surface area contributed by atoms with Crippen LogP contribution in [0.3, 0.4) is 0 Å². The summed E-state index contributed by atoms with van der Waals surface area (Å²) in [6.45, 7) is 1.13. The summed E-state index contributed by atoms with van der Waals surface area (Å²) in [6, 6.07) is 6.90. The third-order valence-corrected chi connectivity index (χ3v) is 4.95. The zero-order chi connectivity index (χ0) is 23.4. The third kappa shape index (κ3) is 4.90. The lowest BCUT2D eigenvalue weighted by Crippen LogP contribution is -2.31. The Morgan fingerprint density at radius 1 is 1.21 bits per heavy atom. The van der Waals surface area contributed by atoms with Crippen molar-refractivity contribution in [2.75, 3.05) is 38.1 Å². The standard InChI is InChI=1S/C21H23N7O5/c1-28-11-22-20(27-28)13-5-4-6-14(19(13)31-2)23-15-8-16(25-26-18(15)21(30)32-3)24-17(29)7-12-9-33-10-12/h4-6,8,11-12H,7,9-10H2,1-3H3,(H2,23,24,25,29). The average molecular weight is 453 g/mol. The maximum atomic E-state index is 12.3. The van der Waals surface area contributed by atoms with Crippen molar-refractivity contribution >= 4 is 29.1 Å². The van der Waals surface area contributed by atoms with Crippen LogP contribution in [0.4, 0.5) is 17.2 Å². The molecule has 0 spiro atoms. The van der Waals surface area contributed by atoms with E-state index in [-0.39, 0.29) is 29.0 Å². The number of nitrogens with zero attached hydrogens (tertiary/aromatic N) is 5. The second-order valence-corrected chi connectivity index (χ2v) is 7.39. The molecule has 0 saturated carbocycles. The van der Waals surface area contributed by atoms with Gasteiger partial charge in [0.15, 0.2) is 23.1 Å². The average Bonchev–Trinajstić information content (AvgIpc) is 3.22. The molecule has 1 aliphatic rings. The van der Waals surface area contributed by atoms with Crippen LogP contribution in [0.25, 0.3) is 11.4 Å². The molecule has 3 aromatic rings. The fourth-order valence-corrected chi connectivity index (χ4v) is 3.29. The van der Waals surface area contributed by atoms with Gasteiger partial charge < -0.3 is 24.8 Å². The number of esters is 1. The van der Waals surface area contributed by atoms with Gasteiger partial charge in [0, 0.05) is 25.5 Å². The van der Waals surface area contributed by atoms with Gasteiger partial charge in [0.1, 0.15) is 6.33 Å². The van der Waals surface area contributed by atoms with Crippen LogP contribution in [-0.2, 0) is 21.3 Å². The number of nitrogens with one attached hydrogen (secondary N) is 2. The second kappa shape index (κ2) is 9.61. The molecule has 0 atom stereocenters. The Morgan fingerprint density at radius 3 is 2.67 bits per heavy atom. The maximum Gasteiger partial charge on any atom is 0.360 e. The molecule has 12 heteroatoms. The molecule has 1 aliphatic heterocycles. The molecule has 0 bridgehead atoms. The number of para-hydroxylation sites is 1. The Hall–Kier alpha value is -4.06. The number of benzene rings is 1. The van der Waals surface area contributed by atoms with Crippen LogP contribution in [0, 0.1) is 5.92 Å². The Bertz CT molecular complexity index is 1180. The highest BCUT2D eigenvalue weighted by Crippen LogP contribution is 2.37. The van der Waals surface area contributed by atoms with E-state index in [0.717, 1.165) is 0 Å². The SMILES string of the molecule is COC(=O)c1nnc(NC(=O)CC2COC2)cc1Nc1cccc(-c2ncn(C)n2)c1OC. The smallest absolute Gasteiger partial charge is 0.360 e. The number of anilines is 3. The van der Waals surface area contributed by atoms with Crippen LogP contribution in [-0.4, -0.2) is 64.3 Å². The normalized spacial score (nSPS) is 13.2. The minimum atomic E-state index is -0.684. The zero-order valence-corrected chi connectivity index (χ0v) is 18.4. The number of methoxy groups -OCH3 is 2. The van der Waals surface area contributed by atoms with Gasteiger partial charge in [-0.2, -0.15) is 5.10 Å². The van der Waals surface area contributed by atoms with Crippen molar-refractivity contribution in [1.82, 2.24) is 25.0 Å². The van der Waals surface area contributed by atoms with E-state index in [4.69, 9.17) is 14.2 Å². The van der Waals surface area contributed by atoms with E-state index in [1.807, 2.05) is 6.07 Å². The molecule has 1 aromatic carbocycles. The lowest BCUT2D eigenvalue weighted by Gasteiger charge is -2.25. The number of amides is 1. The molecule has 2 N–H and O–H groups in total. The van der Waals surface area contributed by atoms with Gasteiger partial charge in [-0.25, -0.2) is 9.78 Å². The molecular formula is C21H23N7O5. The molecule has 0 radical (unpaired) electrons. The van der Waals surface area contributed by atoms with Gasteiger partial charge in [-0.3, -0.25) is 9.48 Å². The Kier molecular flexibility index (Phi) is 6.45. The monoisotopic (exact) mass is 453 g/mol. The van der Waals surface area contributed by atoms with E-state index in [9.17, 15) is 9.59 Å². The minimum absolute atomic E-state index is 0.0497. The highest BCUT2D eigenvalue weighted by Gasteiger charge is 2.23. The molecular weight excluding hydrogens is 430 g/mol. The Labute approximate surface area is 189 Å². The predicted octanol–water partition coefficient (Wildman–Crippen LogP) is 1.79. The fraction of sp³-hybridized carbons (Fsp3) is 0.333. The molecule has 1 amide bonds. The predicted molar refractivity (Wildman–Crippen MR) is 117 cm³/mol. The van der Waals surface area contributed by atoms with Gasteiger partial charge in [0.05, 0.1) is 44.4 Å². The molecule has 1 saturated heterocycles. The highest BCUT2D eigenvalue weighted by atomic mass is 16.5. The van der Waals surface area contributed by atoms with Crippen LogP contribution >= 0.6 is 0 Å². The number of carbonyl (C=O) groups excluding carboxylic acids is 2. The molecule has 3 heterocycles. The molecule has 0 unspecified atom stereocenters. The molecule has 4 rings (SSSR count). The molecule has 0 aliphatic carbocycles. The first-order valence-electron chi connectivity index (χ1n) is 10.1. The molecule has 12 nitrogen and oxygen atoms in total. The van der Waals surface area contributed by atoms with Crippen LogP contribution < -0.4 is 15.4 Å². The summed E-state index contributed by atoms with van der Waals surface area (Å²) in [5, 5.41) is 18.1. The fourth-order valence-electron chi connectivity index (χ4n) is 3.29. The molecule has 1 fully saturated rings. The Balaban J connectivity index is 1.65. The largest absolute Gasteiger partial charge is 0.494 e. The van der Waals surface area contributed by atoms with Gasteiger partial charge in [-0.1, -0.05) is 6.07 Å². The van der Waals surface area contributed by atoms with Crippen LogP contribution in [0.2, 0.25) is 0 Å². The van der Waals surface area contributed by atoms with E-state index in [1.54, 1.807) is 30.2 Å². The summed E-state index contributed by atoms with van der Waals surface area (Å²) >= 11 is 0. The number of hydrogen-bond donors (Lipinski definition) is 2. The number of aryl methyl sites for hydroxylation is 1. The number of hydrogen-bond acceptors (Lipinski definition) is 10. The second-order valence-electron chi connectivity index (χ2n) is 7.39. The van der Waals surface area contributed by atoms with E-state index in [2.05, 4.69) is 30.9 Å². The lowest BCUT2D eigenvalue weighted by atomic mass is 10.0. The summed E-state index contributed by atoms with van der Waals surface area (Å²) in [5.41, 5.74) is 1.42. The summed E-state index contributed by atoms with van der Waals surface area (Å²) in [6.07, 6.45) is 1.90. The summed E-state index contributed by atoms with van der Waals surface area (Å²) < 4.78 is 17.1. The minimum Gasteiger partial charge on any atom is -0.494 e. The number of carbonyl (C=O) groups is 2. The number of aromatic nitrogens is 5. The van der Waals surface area contributed by atoms with Crippen molar-refractivity contribution in [3.05, 3.63) is 36.3 Å². The topological polar surface area (TPSA) is 142 Å². The lowest BCUT2D eigenvalue weighted by molar-refractivity contribution is -0.121. The van der Waals surface area contributed by atoms with Crippen molar-refractivity contribution in [2.45, 2.75) is 6.42 Å². The Morgan fingerprint density at radius 2 is 2.03 bits per heavy atom. The van der Waals surface area contributed by atoms with E-state index in [0.29, 0.717) is 42.5 Å². The summed E-state index contributed by atoms with van der Waals surface area (Å²) in [4.78, 5) is 28.8. The first kappa shape index (κ1) is 22.1. The van der Waals surface area contributed by atoms with Crippen molar-refractivity contribution in [2.24, 2.45) is 13.0 Å². The van der Waals surface area contributed by atoms with Crippen molar-refractivity contribution in [3.8, 4) is 17.1 Å². The first-order chi connectivity index (χ1) is 16.0. The molecule has 2 aromatic heterocycles. The number of ether oxygens (including phenoxy) is 3. The van der Waals surface area contributed by atoms with Crippen molar-refractivity contribution < 1.29 is 23.8 Å². The van der Waals surface area contributed by atoms with Gasteiger partial charge in [0.2, 0.25) is 5.91 Å². The van der Waals surface area contributed by atoms with Gasteiger partial charge >= 0.3 is 5.97 Å².